The predicted molar refractivity (Wildman–Crippen MR) is 92.3 cm³/mol. The Balaban J connectivity index is 1.76. The zero-order valence-corrected chi connectivity index (χ0v) is 14.9. The van der Waals surface area contributed by atoms with E-state index in [-0.39, 0.29) is 24.2 Å². The summed E-state index contributed by atoms with van der Waals surface area (Å²) in [6, 6.07) is 7.53. The average Bonchev–Trinajstić information content (AvgIpc) is 3.16. The molecule has 1 aliphatic heterocycles. The maximum Gasteiger partial charge on any atom is 0.291 e. The number of carbonyl (C=O) groups excluding carboxylic acids is 3. The summed E-state index contributed by atoms with van der Waals surface area (Å²) < 4.78 is 18.8. The van der Waals surface area contributed by atoms with Crippen LogP contribution in [0.15, 0.2) is 34.7 Å². The van der Waals surface area contributed by atoms with Gasteiger partial charge in [0.05, 0.1) is 0 Å². The third kappa shape index (κ3) is 3.31. The molecule has 26 heavy (non-hydrogen) atoms. The Morgan fingerprint density at radius 3 is 2.62 bits per heavy atom. The average molecular weight is 357 g/mol. The lowest BCUT2D eigenvalue weighted by molar-refractivity contribution is -0.141. The van der Waals surface area contributed by atoms with Gasteiger partial charge >= 0.3 is 0 Å². The molecule has 1 aromatic carbocycles. The van der Waals surface area contributed by atoms with E-state index in [4.69, 9.17) is 4.42 Å². The van der Waals surface area contributed by atoms with Crippen LogP contribution in [0, 0.1) is 18.7 Å². The van der Waals surface area contributed by atoms with Crippen molar-refractivity contribution < 1.29 is 23.2 Å². The molecule has 1 unspecified atom stereocenters. The van der Waals surface area contributed by atoms with Crippen molar-refractivity contribution in [2.45, 2.75) is 33.2 Å². The third-order valence-electron chi connectivity index (χ3n) is 4.68. The normalized spacial score (nSPS) is 17.4. The first-order chi connectivity index (χ1) is 12.3. The first kappa shape index (κ1) is 18.0. The van der Waals surface area contributed by atoms with Crippen LogP contribution in [0.5, 0.6) is 0 Å². The molecular weight excluding hydrogens is 337 g/mol. The Kier molecular flexibility index (Phi) is 4.76. The van der Waals surface area contributed by atoms with Crippen LogP contribution in [-0.4, -0.2) is 35.0 Å². The van der Waals surface area contributed by atoms with Crippen molar-refractivity contribution in [3.63, 3.8) is 0 Å². The molecule has 1 fully saturated rings. The fraction of sp³-hybridized carbons (Fsp3) is 0.350. The van der Waals surface area contributed by atoms with E-state index < -0.39 is 23.4 Å². The number of amides is 1. The number of aryl methyl sites for hydroxylation is 1. The fourth-order valence-electron chi connectivity index (χ4n) is 3.12. The van der Waals surface area contributed by atoms with Gasteiger partial charge in [-0.2, -0.15) is 0 Å². The van der Waals surface area contributed by atoms with Crippen LogP contribution < -0.4 is 0 Å². The molecule has 6 heteroatoms. The second-order valence-corrected chi connectivity index (χ2v) is 6.85. The molecule has 0 saturated carbocycles. The van der Waals surface area contributed by atoms with Crippen molar-refractivity contribution in [2.75, 3.05) is 6.54 Å². The number of hydrogen-bond acceptors (Lipinski definition) is 4. The Labute approximate surface area is 150 Å². The lowest BCUT2D eigenvalue weighted by Gasteiger charge is -2.19. The third-order valence-corrected chi connectivity index (χ3v) is 4.68. The molecule has 2 heterocycles. The van der Waals surface area contributed by atoms with Gasteiger partial charge in [-0.15, -0.1) is 0 Å². The maximum atomic E-state index is 13.2. The van der Waals surface area contributed by atoms with Crippen LogP contribution in [-0.2, 0) is 16.0 Å². The van der Waals surface area contributed by atoms with Gasteiger partial charge in [-0.1, -0.05) is 6.07 Å². The van der Waals surface area contributed by atoms with Crippen LogP contribution in [0.4, 0.5) is 4.39 Å². The molecule has 136 valence electrons. The first-order valence-corrected chi connectivity index (χ1v) is 8.50. The van der Waals surface area contributed by atoms with E-state index in [1.54, 1.807) is 32.9 Å². The van der Waals surface area contributed by atoms with Gasteiger partial charge in [0.25, 0.3) is 5.91 Å². The number of nitrogens with zero attached hydrogens (tertiary/aromatic N) is 1. The van der Waals surface area contributed by atoms with Crippen LogP contribution in [0.1, 0.15) is 41.3 Å². The van der Waals surface area contributed by atoms with Gasteiger partial charge in [0.15, 0.2) is 5.76 Å². The van der Waals surface area contributed by atoms with E-state index in [1.807, 2.05) is 0 Å². The SMILES string of the molecule is Cc1cc(F)ccc1Cc1ccc(C(=O)C2CN(C(C)C)C(=O)C2=O)o1. The number of halogens is 1. The largest absolute Gasteiger partial charge is 0.458 e. The summed E-state index contributed by atoms with van der Waals surface area (Å²) in [5.41, 5.74) is 1.68. The molecule has 3 rings (SSSR count). The minimum absolute atomic E-state index is 0.0662. The number of Topliss-reactive ketones (excluding diaryl/α,β-unsaturated/α-hetero) is 2. The summed E-state index contributed by atoms with van der Waals surface area (Å²) in [6.07, 6.45) is 0.412. The highest BCUT2D eigenvalue weighted by molar-refractivity contribution is 6.43. The molecule has 0 spiro atoms. The number of likely N-dealkylation sites (tertiary alicyclic amines) is 1. The Morgan fingerprint density at radius 1 is 1.27 bits per heavy atom. The van der Waals surface area contributed by atoms with Crippen LogP contribution >= 0.6 is 0 Å². The fourth-order valence-corrected chi connectivity index (χ4v) is 3.12. The monoisotopic (exact) mass is 357 g/mol. The Bertz CT molecular complexity index is 884. The summed E-state index contributed by atoms with van der Waals surface area (Å²) in [5.74, 6) is -2.49. The zero-order valence-electron chi connectivity index (χ0n) is 14.9. The van der Waals surface area contributed by atoms with Crippen LogP contribution in [0.2, 0.25) is 0 Å². The molecular formula is C20H20FNO4. The van der Waals surface area contributed by atoms with E-state index in [0.717, 1.165) is 11.1 Å². The molecule has 0 radical (unpaired) electrons. The van der Waals surface area contributed by atoms with Gasteiger partial charge in [-0.05, 0) is 56.2 Å². The summed E-state index contributed by atoms with van der Waals surface area (Å²) in [4.78, 5) is 38.1. The van der Waals surface area contributed by atoms with Gasteiger partial charge < -0.3 is 9.32 Å². The summed E-state index contributed by atoms with van der Waals surface area (Å²) in [5, 5.41) is 0. The van der Waals surface area contributed by atoms with Crippen molar-refractivity contribution in [2.24, 2.45) is 5.92 Å². The number of hydrogen-bond donors (Lipinski definition) is 0. The first-order valence-electron chi connectivity index (χ1n) is 8.50. The second-order valence-electron chi connectivity index (χ2n) is 6.85. The molecule has 1 aliphatic rings. The van der Waals surface area contributed by atoms with Crippen molar-refractivity contribution in [3.05, 3.63) is 58.8 Å². The van der Waals surface area contributed by atoms with Crippen LogP contribution in [0.25, 0.3) is 0 Å². The molecule has 2 aromatic rings. The molecule has 1 atom stereocenters. The summed E-state index contributed by atoms with van der Waals surface area (Å²) in [7, 11) is 0. The zero-order chi connectivity index (χ0) is 19.0. The van der Waals surface area contributed by atoms with E-state index in [2.05, 4.69) is 0 Å². The number of benzene rings is 1. The molecule has 1 aromatic heterocycles. The molecule has 0 bridgehead atoms. The number of furan rings is 1. The number of ketones is 2. The minimum atomic E-state index is -1.02. The van der Waals surface area contributed by atoms with Gasteiger partial charge in [0, 0.05) is 19.0 Å². The standard InChI is InChI=1S/C20H20FNO4/c1-11(2)22-10-16(19(24)20(22)25)18(23)17-7-6-15(26-17)9-13-4-5-14(21)8-12(13)3/h4-8,11,16H,9-10H2,1-3H3. The molecule has 5 nitrogen and oxygen atoms in total. The molecule has 0 aliphatic carbocycles. The summed E-state index contributed by atoms with van der Waals surface area (Å²) in [6.45, 7) is 5.49. The van der Waals surface area contributed by atoms with E-state index >= 15 is 0 Å². The molecule has 1 saturated heterocycles. The van der Waals surface area contributed by atoms with Gasteiger partial charge in [-0.25, -0.2) is 4.39 Å². The highest BCUT2D eigenvalue weighted by atomic mass is 19.1. The van der Waals surface area contributed by atoms with E-state index in [1.165, 1.54) is 23.1 Å². The van der Waals surface area contributed by atoms with Gasteiger partial charge in [-0.3, -0.25) is 14.4 Å². The minimum Gasteiger partial charge on any atom is -0.458 e. The molecule has 1 amide bonds. The van der Waals surface area contributed by atoms with Crippen molar-refractivity contribution in [1.82, 2.24) is 4.90 Å². The Morgan fingerprint density at radius 2 is 2.00 bits per heavy atom. The predicted octanol–water partition coefficient (Wildman–Crippen LogP) is 2.94. The van der Waals surface area contributed by atoms with Gasteiger partial charge in [0.2, 0.25) is 11.6 Å². The maximum absolute atomic E-state index is 13.2. The lowest BCUT2D eigenvalue weighted by atomic mass is 10.0. The topological polar surface area (TPSA) is 67.6 Å². The van der Waals surface area contributed by atoms with Crippen molar-refractivity contribution in [1.29, 1.82) is 0 Å². The lowest BCUT2D eigenvalue weighted by Crippen LogP contribution is -2.33. The quantitative estimate of drug-likeness (QED) is 0.469. The van der Waals surface area contributed by atoms with Crippen LogP contribution in [0.3, 0.4) is 0 Å². The Hall–Kier alpha value is -2.76. The summed E-state index contributed by atoms with van der Waals surface area (Å²) >= 11 is 0. The van der Waals surface area contributed by atoms with E-state index in [0.29, 0.717) is 12.2 Å². The second kappa shape index (κ2) is 6.86. The number of carbonyl (C=O) groups is 3. The van der Waals surface area contributed by atoms with Gasteiger partial charge in [0.1, 0.15) is 17.5 Å². The molecule has 0 N–H and O–H groups in total. The number of rotatable bonds is 5. The van der Waals surface area contributed by atoms with Crippen molar-refractivity contribution >= 4 is 17.5 Å². The highest BCUT2D eigenvalue weighted by Gasteiger charge is 2.44. The smallest absolute Gasteiger partial charge is 0.291 e. The highest BCUT2D eigenvalue weighted by Crippen LogP contribution is 2.23. The van der Waals surface area contributed by atoms with Crippen molar-refractivity contribution in [3.8, 4) is 0 Å². The van der Waals surface area contributed by atoms with E-state index in [9.17, 15) is 18.8 Å².